The van der Waals surface area contributed by atoms with Gasteiger partial charge in [-0.05, 0) is 55.0 Å². The Labute approximate surface area is 266 Å². The van der Waals surface area contributed by atoms with E-state index in [1.165, 1.54) is 6.92 Å². The molecule has 0 aliphatic rings. The molecule has 0 bridgehead atoms. The summed E-state index contributed by atoms with van der Waals surface area (Å²) < 4.78 is 43.7. The third-order valence-electron chi connectivity index (χ3n) is 5.97. The van der Waals surface area contributed by atoms with Crippen molar-refractivity contribution >= 4 is 23.3 Å². The number of unbranched alkanes of at least 4 members (excludes halogenated alkanes) is 1. The Kier molecular flexibility index (Phi) is 21.9. The molecule has 0 heterocycles. The van der Waals surface area contributed by atoms with Gasteiger partial charge in [0.15, 0.2) is 0 Å². The van der Waals surface area contributed by atoms with Crippen LogP contribution < -0.4 is 15.4 Å². The Morgan fingerprint density at radius 2 is 1.02 bits per heavy atom. The normalized spacial score (nSPS) is 10.9. The van der Waals surface area contributed by atoms with Crippen molar-refractivity contribution in [3.8, 4) is 5.75 Å². The van der Waals surface area contributed by atoms with Crippen LogP contribution >= 0.6 is 0 Å². The van der Waals surface area contributed by atoms with E-state index in [0.717, 1.165) is 30.8 Å². The zero-order valence-corrected chi connectivity index (χ0v) is 26.7. The summed E-state index contributed by atoms with van der Waals surface area (Å²) >= 11 is 0. The first-order valence-electron chi connectivity index (χ1n) is 15.6. The zero-order valence-electron chi connectivity index (χ0n) is 26.7. The van der Waals surface area contributed by atoms with E-state index in [1.807, 2.05) is 12.1 Å². The predicted molar refractivity (Wildman–Crippen MR) is 171 cm³/mol. The molecule has 2 aromatic carbocycles. The maximum absolute atomic E-state index is 12.1. The molecule has 0 aliphatic heterocycles. The second-order valence-electron chi connectivity index (χ2n) is 9.72. The fourth-order valence-electron chi connectivity index (χ4n) is 3.67. The van der Waals surface area contributed by atoms with Crippen LogP contribution in [-0.4, -0.2) is 111 Å². The second-order valence-corrected chi connectivity index (χ2v) is 9.72. The topological polar surface area (TPSA) is 132 Å². The number of ether oxygens (including phenoxy) is 8. The molecule has 0 spiro atoms. The minimum Gasteiger partial charge on any atom is -0.491 e. The van der Waals surface area contributed by atoms with Crippen LogP contribution in [0.1, 0.15) is 37.0 Å². The molecular weight excluding hydrogens is 584 g/mol. The van der Waals surface area contributed by atoms with Gasteiger partial charge >= 0.3 is 5.97 Å². The van der Waals surface area contributed by atoms with Crippen LogP contribution in [-0.2, 0) is 38.0 Å². The summed E-state index contributed by atoms with van der Waals surface area (Å²) in [6.07, 6.45) is 2.24. The predicted octanol–water partition coefficient (Wildman–Crippen LogP) is 4.19. The first-order valence-corrected chi connectivity index (χ1v) is 15.6. The van der Waals surface area contributed by atoms with Crippen LogP contribution in [0.25, 0.3) is 0 Å². The molecular formula is C33H50N2O10. The largest absolute Gasteiger partial charge is 0.491 e. The smallest absolute Gasteiger partial charge is 0.338 e. The number of benzene rings is 2. The average Bonchev–Trinajstić information content (AvgIpc) is 3.04. The van der Waals surface area contributed by atoms with Gasteiger partial charge in [0.05, 0.1) is 84.8 Å². The molecule has 0 fully saturated rings. The summed E-state index contributed by atoms with van der Waals surface area (Å²) in [5.41, 5.74) is 2.24. The number of hydrogen-bond donors (Lipinski definition) is 2. The molecule has 0 unspecified atom stereocenters. The molecule has 0 aromatic heterocycles. The van der Waals surface area contributed by atoms with Gasteiger partial charge in [0.2, 0.25) is 5.91 Å². The third-order valence-corrected chi connectivity index (χ3v) is 5.97. The molecule has 0 saturated heterocycles. The van der Waals surface area contributed by atoms with Gasteiger partial charge in [-0.2, -0.15) is 0 Å². The number of nitrogens with one attached hydrogen (secondary N) is 2. The van der Waals surface area contributed by atoms with Gasteiger partial charge in [0.25, 0.3) is 0 Å². The highest BCUT2D eigenvalue weighted by molar-refractivity contribution is 5.90. The van der Waals surface area contributed by atoms with Crippen molar-refractivity contribution in [1.29, 1.82) is 0 Å². The van der Waals surface area contributed by atoms with E-state index in [2.05, 4.69) is 17.6 Å². The highest BCUT2D eigenvalue weighted by atomic mass is 16.6. The molecule has 2 aromatic rings. The second kappa shape index (κ2) is 26.0. The summed E-state index contributed by atoms with van der Waals surface area (Å²) in [6.45, 7) is 10.5. The van der Waals surface area contributed by atoms with Crippen LogP contribution in [0.15, 0.2) is 48.5 Å². The van der Waals surface area contributed by atoms with Crippen molar-refractivity contribution in [2.75, 3.05) is 110 Å². The summed E-state index contributed by atoms with van der Waals surface area (Å²) in [5, 5.41) is 6.02. The van der Waals surface area contributed by atoms with Gasteiger partial charge in [-0.15, -0.1) is 0 Å². The quantitative estimate of drug-likeness (QED) is 0.103. The Morgan fingerprint density at radius 1 is 0.578 bits per heavy atom. The SMILES string of the molecule is CCCCNc1ccc(C(=O)OCCOCCOCCOCCOCCOCCOCCOc2ccc(NC(C)=O)cc2)cc1. The van der Waals surface area contributed by atoms with E-state index < -0.39 is 0 Å². The van der Waals surface area contributed by atoms with E-state index in [-0.39, 0.29) is 18.5 Å². The van der Waals surface area contributed by atoms with E-state index >= 15 is 0 Å². The van der Waals surface area contributed by atoms with Crippen molar-refractivity contribution in [1.82, 2.24) is 0 Å². The number of rotatable bonds is 28. The van der Waals surface area contributed by atoms with Gasteiger partial charge in [0.1, 0.15) is 19.0 Å². The maximum atomic E-state index is 12.1. The number of hydrogen-bond acceptors (Lipinski definition) is 11. The monoisotopic (exact) mass is 634 g/mol. The van der Waals surface area contributed by atoms with Crippen LogP contribution in [0, 0.1) is 0 Å². The number of anilines is 2. The van der Waals surface area contributed by atoms with Crippen molar-refractivity contribution in [3.05, 3.63) is 54.1 Å². The number of amides is 1. The first-order chi connectivity index (χ1) is 22.1. The fourth-order valence-corrected chi connectivity index (χ4v) is 3.67. The Hall–Kier alpha value is -3.26. The van der Waals surface area contributed by atoms with Gasteiger partial charge in [-0.25, -0.2) is 4.79 Å². The first kappa shape index (κ1) is 37.9. The lowest BCUT2D eigenvalue weighted by atomic mass is 10.2. The summed E-state index contributed by atoms with van der Waals surface area (Å²) in [4.78, 5) is 23.1. The number of carbonyl (C=O) groups excluding carboxylic acids is 2. The molecule has 0 atom stereocenters. The highest BCUT2D eigenvalue weighted by Crippen LogP contribution is 2.15. The van der Waals surface area contributed by atoms with Crippen LogP contribution in [0.2, 0.25) is 0 Å². The molecule has 1 amide bonds. The van der Waals surface area contributed by atoms with E-state index in [0.29, 0.717) is 97.2 Å². The van der Waals surface area contributed by atoms with E-state index in [4.69, 9.17) is 37.9 Å². The maximum Gasteiger partial charge on any atom is 0.338 e. The van der Waals surface area contributed by atoms with Gasteiger partial charge in [-0.3, -0.25) is 4.79 Å². The van der Waals surface area contributed by atoms with E-state index in [9.17, 15) is 9.59 Å². The zero-order chi connectivity index (χ0) is 32.2. The van der Waals surface area contributed by atoms with Crippen molar-refractivity contribution < 1.29 is 47.5 Å². The molecule has 12 heteroatoms. The molecule has 252 valence electrons. The lowest BCUT2D eigenvalue weighted by Crippen LogP contribution is -2.15. The van der Waals surface area contributed by atoms with Crippen LogP contribution in [0.4, 0.5) is 11.4 Å². The molecule has 0 radical (unpaired) electrons. The summed E-state index contributed by atoms with van der Waals surface area (Å²) in [5.74, 6) is 0.238. The van der Waals surface area contributed by atoms with Crippen molar-refractivity contribution in [2.45, 2.75) is 26.7 Å². The minimum absolute atomic E-state index is 0.111. The Bertz CT molecular complexity index is 1020. The number of carbonyl (C=O) groups is 2. The molecule has 0 saturated carbocycles. The average molecular weight is 635 g/mol. The lowest BCUT2D eigenvalue weighted by molar-refractivity contribution is -0.114. The van der Waals surface area contributed by atoms with Gasteiger partial charge in [-0.1, -0.05) is 13.3 Å². The molecule has 45 heavy (non-hydrogen) atoms. The lowest BCUT2D eigenvalue weighted by Gasteiger charge is -2.09. The van der Waals surface area contributed by atoms with Crippen LogP contribution in [0.5, 0.6) is 5.75 Å². The standard InChI is InChI=1S/C33H50N2O10/c1-3-4-13-34-30-7-5-29(6-8-30)33(37)45-27-25-43-23-21-41-19-17-39-15-14-38-16-18-40-20-22-42-24-26-44-32-11-9-31(10-12-32)35-28(2)36/h5-12,34H,3-4,13-27H2,1-2H3,(H,35,36). The minimum atomic E-state index is -0.364. The molecule has 12 nitrogen and oxygen atoms in total. The highest BCUT2D eigenvalue weighted by Gasteiger charge is 2.07. The Balaban J connectivity index is 1.26. The van der Waals surface area contributed by atoms with Gasteiger partial charge in [0, 0.05) is 24.8 Å². The molecule has 2 N–H and O–H groups in total. The summed E-state index contributed by atoms with van der Waals surface area (Å²) in [7, 11) is 0. The van der Waals surface area contributed by atoms with Crippen LogP contribution in [0.3, 0.4) is 0 Å². The van der Waals surface area contributed by atoms with E-state index in [1.54, 1.807) is 36.4 Å². The fraction of sp³-hybridized carbons (Fsp3) is 0.576. The number of esters is 1. The third kappa shape index (κ3) is 20.4. The van der Waals surface area contributed by atoms with Crippen molar-refractivity contribution in [3.63, 3.8) is 0 Å². The molecule has 2 rings (SSSR count). The molecule has 0 aliphatic carbocycles. The Morgan fingerprint density at radius 3 is 1.49 bits per heavy atom. The van der Waals surface area contributed by atoms with Gasteiger partial charge < -0.3 is 48.5 Å². The summed E-state index contributed by atoms with van der Waals surface area (Å²) in [6, 6.07) is 14.4. The van der Waals surface area contributed by atoms with Crippen molar-refractivity contribution in [2.24, 2.45) is 0 Å².